The Labute approximate surface area is 102 Å². The van der Waals surface area contributed by atoms with Gasteiger partial charge >= 0.3 is 0 Å². The molecule has 0 unspecified atom stereocenters. The van der Waals surface area contributed by atoms with Gasteiger partial charge in [0.25, 0.3) is 0 Å². The predicted molar refractivity (Wildman–Crippen MR) is 66.9 cm³/mol. The second-order valence-corrected chi connectivity index (χ2v) is 6.06. The summed E-state index contributed by atoms with van der Waals surface area (Å²) in [5.41, 5.74) is -0.118. The van der Waals surface area contributed by atoms with Gasteiger partial charge in [-0.15, -0.1) is 0 Å². The molecule has 0 N–H and O–H groups in total. The molecule has 0 saturated carbocycles. The molecule has 0 aliphatic carbocycles. The lowest BCUT2D eigenvalue weighted by atomic mass is 9.81. The summed E-state index contributed by atoms with van der Waals surface area (Å²) in [4.78, 5) is 13.8. The Morgan fingerprint density at radius 3 is 2.81 bits per heavy atom. The number of rotatable bonds is 3. The van der Waals surface area contributed by atoms with E-state index in [9.17, 15) is 4.79 Å². The second-order valence-electron chi connectivity index (χ2n) is 4.83. The minimum atomic E-state index is -0.118. The molecular weight excluding hydrogens is 222 g/mol. The van der Waals surface area contributed by atoms with Gasteiger partial charge in [-0.2, -0.15) is 11.8 Å². The molecule has 0 bridgehead atoms. The summed E-state index contributed by atoms with van der Waals surface area (Å²) in [6.07, 6.45) is 4.25. The predicted octanol–water partition coefficient (Wildman–Crippen LogP) is 1.42. The largest absolute Gasteiger partial charge is 0.381 e. The van der Waals surface area contributed by atoms with E-state index >= 15 is 0 Å². The van der Waals surface area contributed by atoms with Crippen molar-refractivity contribution in [1.82, 2.24) is 4.90 Å². The van der Waals surface area contributed by atoms with Gasteiger partial charge in [-0.25, -0.2) is 0 Å². The average Bonchev–Trinajstić information content (AvgIpc) is 2.59. The standard InChI is InChI=1S/C12H21NO2S/c14-11-12(2-6-15-7-3-12)10-13-4-1-8-16-9-5-13/h11H,1-10H2. The lowest BCUT2D eigenvalue weighted by Gasteiger charge is -2.36. The van der Waals surface area contributed by atoms with E-state index in [0.29, 0.717) is 0 Å². The van der Waals surface area contributed by atoms with Crippen molar-refractivity contribution in [3.05, 3.63) is 0 Å². The topological polar surface area (TPSA) is 29.5 Å². The summed E-state index contributed by atoms with van der Waals surface area (Å²) in [7, 11) is 0. The van der Waals surface area contributed by atoms with E-state index in [2.05, 4.69) is 4.90 Å². The van der Waals surface area contributed by atoms with Gasteiger partial charge < -0.3 is 14.4 Å². The number of carbonyl (C=O) groups excluding carboxylic acids is 1. The van der Waals surface area contributed by atoms with E-state index in [4.69, 9.17) is 4.74 Å². The minimum absolute atomic E-state index is 0.118. The highest BCUT2D eigenvalue weighted by molar-refractivity contribution is 7.99. The molecule has 3 nitrogen and oxygen atoms in total. The van der Waals surface area contributed by atoms with Crippen molar-refractivity contribution >= 4 is 18.0 Å². The van der Waals surface area contributed by atoms with Crippen molar-refractivity contribution in [3.8, 4) is 0 Å². The van der Waals surface area contributed by atoms with Crippen molar-refractivity contribution in [2.45, 2.75) is 19.3 Å². The first kappa shape index (κ1) is 12.4. The molecule has 0 atom stereocenters. The van der Waals surface area contributed by atoms with Crippen LogP contribution in [-0.4, -0.2) is 55.5 Å². The maximum atomic E-state index is 11.4. The molecule has 0 aromatic carbocycles. The molecule has 2 aliphatic rings. The Kier molecular flexibility index (Phi) is 4.67. The zero-order valence-corrected chi connectivity index (χ0v) is 10.6. The van der Waals surface area contributed by atoms with Crippen LogP contribution in [0.2, 0.25) is 0 Å². The Bertz CT molecular complexity index is 221. The Hall–Kier alpha value is -0.0600. The van der Waals surface area contributed by atoms with Crippen LogP contribution in [0.5, 0.6) is 0 Å². The Morgan fingerprint density at radius 1 is 1.25 bits per heavy atom. The third-order valence-electron chi connectivity index (χ3n) is 3.59. The number of hydrogen-bond acceptors (Lipinski definition) is 4. The van der Waals surface area contributed by atoms with Crippen LogP contribution in [0.15, 0.2) is 0 Å². The first-order valence-corrected chi connectivity index (χ1v) is 7.34. The smallest absolute Gasteiger partial charge is 0.127 e. The molecule has 2 fully saturated rings. The summed E-state index contributed by atoms with van der Waals surface area (Å²) >= 11 is 2.03. The third-order valence-corrected chi connectivity index (χ3v) is 4.64. The van der Waals surface area contributed by atoms with Crippen molar-refractivity contribution in [2.24, 2.45) is 5.41 Å². The number of hydrogen-bond donors (Lipinski definition) is 0. The molecule has 0 aromatic rings. The monoisotopic (exact) mass is 243 g/mol. The van der Waals surface area contributed by atoms with Crippen LogP contribution in [0.25, 0.3) is 0 Å². The summed E-state index contributed by atoms with van der Waals surface area (Å²) in [6, 6.07) is 0. The summed E-state index contributed by atoms with van der Waals surface area (Å²) in [5.74, 6) is 2.49. The molecule has 0 amide bonds. The Balaban J connectivity index is 1.91. The lowest BCUT2D eigenvalue weighted by Crippen LogP contribution is -2.43. The maximum Gasteiger partial charge on any atom is 0.127 e. The van der Waals surface area contributed by atoms with E-state index in [1.165, 1.54) is 24.2 Å². The Morgan fingerprint density at radius 2 is 2.06 bits per heavy atom. The van der Waals surface area contributed by atoms with E-state index < -0.39 is 0 Å². The van der Waals surface area contributed by atoms with Crippen LogP contribution in [0.3, 0.4) is 0 Å². The van der Waals surface area contributed by atoms with Gasteiger partial charge in [0.2, 0.25) is 0 Å². The molecule has 2 rings (SSSR count). The van der Waals surface area contributed by atoms with Gasteiger partial charge in [0.05, 0.1) is 0 Å². The van der Waals surface area contributed by atoms with Gasteiger partial charge in [0.1, 0.15) is 6.29 Å². The van der Waals surface area contributed by atoms with Crippen LogP contribution in [0.4, 0.5) is 0 Å². The highest BCUT2D eigenvalue weighted by atomic mass is 32.2. The third kappa shape index (κ3) is 3.22. The number of thioether (sulfide) groups is 1. The normalized spacial score (nSPS) is 27.2. The molecule has 2 heterocycles. The first-order valence-electron chi connectivity index (χ1n) is 6.19. The van der Waals surface area contributed by atoms with Crippen molar-refractivity contribution < 1.29 is 9.53 Å². The average molecular weight is 243 g/mol. The molecule has 2 saturated heterocycles. The van der Waals surface area contributed by atoms with Crippen LogP contribution >= 0.6 is 11.8 Å². The molecule has 0 spiro atoms. The quantitative estimate of drug-likeness (QED) is 0.701. The number of ether oxygens (including phenoxy) is 1. The molecule has 16 heavy (non-hydrogen) atoms. The van der Waals surface area contributed by atoms with Gasteiger partial charge in [-0.05, 0) is 31.6 Å². The molecule has 0 aromatic heterocycles. The van der Waals surface area contributed by atoms with Gasteiger partial charge in [-0.3, -0.25) is 0 Å². The fraction of sp³-hybridized carbons (Fsp3) is 0.917. The van der Waals surface area contributed by atoms with E-state index in [0.717, 1.165) is 45.7 Å². The molecule has 0 radical (unpaired) electrons. The molecule has 4 heteroatoms. The van der Waals surface area contributed by atoms with Crippen LogP contribution in [-0.2, 0) is 9.53 Å². The number of aldehydes is 1. The lowest BCUT2D eigenvalue weighted by molar-refractivity contribution is -0.123. The number of carbonyl (C=O) groups is 1. The van der Waals surface area contributed by atoms with Crippen LogP contribution < -0.4 is 0 Å². The fourth-order valence-corrected chi connectivity index (χ4v) is 3.42. The van der Waals surface area contributed by atoms with Gasteiger partial charge in [-0.1, -0.05) is 0 Å². The summed E-state index contributed by atoms with van der Waals surface area (Å²) < 4.78 is 5.36. The SMILES string of the molecule is O=CC1(CN2CCCSCC2)CCOCC1. The second kappa shape index (κ2) is 6.03. The zero-order chi connectivity index (χ0) is 11.3. The van der Waals surface area contributed by atoms with Crippen molar-refractivity contribution in [3.63, 3.8) is 0 Å². The van der Waals surface area contributed by atoms with E-state index in [-0.39, 0.29) is 5.41 Å². The van der Waals surface area contributed by atoms with Crippen molar-refractivity contribution in [1.29, 1.82) is 0 Å². The summed E-state index contributed by atoms with van der Waals surface area (Å²) in [5, 5.41) is 0. The van der Waals surface area contributed by atoms with Crippen molar-refractivity contribution in [2.75, 3.05) is 44.4 Å². The van der Waals surface area contributed by atoms with Gasteiger partial charge in [0, 0.05) is 37.5 Å². The highest BCUT2D eigenvalue weighted by Gasteiger charge is 2.34. The molecule has 2 aliphatic heterocycles. The van der Waals surface area contributed by atoms with Crippen LogP contribution in [0.1, 0.15) is 19.3 Å². The van der Waals surface area contributed by atoms with Crippen LogP contribution in [0, 0.1) is 5.41 Å². The minimum Gasteiger partial charge on any atom is -0.381 e. The number of nitrogens with zero attached hydrogens (tertiary/aromatic N) is 1. The maximum absolute atomic E-state index is 11.4. The zero-order valence-electron chi connectivity index (χ0n) is 9.82. The summed E-state index contributed by atoms with van der Waals surface area (Å²) in [6.45, 7) is 4.74. The van der Waals surface area contributed by atoms with E-state index in [1.54, 1.807) is 0 Å². The van der Waals surface area contributed by atoms with E-state index in [1.807, 2.05) is 11.8 Å². The van der Waals surface area contributed by atoms with Gasteiger partial charge in [0.15, 0.2) is 0 Å². The fourth-order valence-electron chi connectivity index (χ4n) is 2.49. The molecular formula is C12H21NO2S. The first-order chi connectivity index (χ1) is 7.85. The highest BCUT2D eigenvalue weighted by Crippen LogP contribution is 2.29. The molecule has 92 valence electrons.